The summed E-state index contributed by atoms with van der Waals surface area (Å²) in [4.78, 5) is 10.2. The monoisotopic (exact) mass is 322 g/mol. The van der Waals surface area contributed by atoms with Crippen molar-refractivity contribution < 1.29 is 9.66 Å². The van der Waals surface area contributed by atoms with E-state index in [9.17, 15) is 10.1 Å². The number of nitro groups is 1. The zero-order chi connectivity index (χ0) is 13.8. The molecule has 2 aromatic rings. The van der Waals surface area contributed by atoms with Crippen LogP contribution < -0.4 is 10.5 Å². The Bertz CT molecular complexity index is 617. The van der Waals surface area contributed by atoms with Crippen molar-refractivity contribution >= 4 is 21.6 Å². The summed E-state index contributed by atoms with van der Waals surface area (Å²) in [5.74, 6) is 0.998. The first kappa shape index (κ1) is 13.5. The second kappa shape index (κ2) is 5.81. The molecule has 0 aliphatic rings. The molecule has 0 atom stereocenters. The van der Waals surface area contributed by atoms with Crippen LogP contribution in [0.1, 0.15) is 5.56 Å². The minimum Gasteiger partial charge on any atom is -0.457 e. The van der Waals surface area contributed by atoms with Gasteiger partial charge in [-0.1, -0.05) is 22.0 Å². The molecule has 0 heterocycles. The normalized spacial score (nSPS) is 10.2. The molecule has 0 amide bonds. The molecule has 2 aromatic carbocycles. The Morgan fingerprint density at radius 3 is 2.74 bits per heavy atom. The lowest BCUT2D eigenvalue weighted by atomic mass is 10.2. The number of nitrogens with two attached hydrogens (primary N) is 1. The average Bonchev–Trinajstić information content (AvgIpc) is 2.41. The lowest BCUT2D eigenvalue weighted by molar-refractivity contribution is -0.384. The van der Waals surface area contributed by atoms with Gasteiger partial charge in [-0.2, -0.15) is 0 Å². The maximum absolute atomic E-state index is 10.7. The summed E-state index contributed by atoms with van der Waals surface area (Å²) in [5.41, 5.74) is 6.45. The summed E-state index contributed by atoms with van der Waals surface area (Å²) >= 11 is 3.35. The molecular weight excluding hydrogens is 312 g/mol. The lowest BCUT2D eigenvalue weighted by Crippen LogP contribution is -1.99. The van der Waals surface area contributed by atoms with Crippen LogP contribution in [0.5, 0.6) is 11.5 Å². The van der Waals surface area contributed by atoms with E-state index in [1.165, 1.54) is 12.1 Å². The molecule has 0 aliphatic carbocycles. The molecule has 0 saturated carbocycles. The molecule has 2 rings (SSSR count). The van der Waals surface area contributed by atoms with Crippen LogP contribution in [0.3, 0.4) is 0 Å². The molecule has 0 fully saturated rings. The number of nitro benzene ring substituents is 1. The molecule has 0 bridgehead atoms. The van der Waals surface area contributed by atoms with Gasteiger partial charge in [0.25, 0.3) is 5.69 Å². The third kappa shape index (κ3) is 3.30. The van der Waals surface area contributed by atoms with Crippen LogP contribution in [0.4, 0.5) is 5.69 Å². The van der Waals surface area contributed by atoms with Crippen LogP contribution in [0, 0.1) is 10.1 Å². The predicted octanol–water partition coefficient (Wildman–Crippen LogP) is 3.61. The predicted molar refractivity (Wildman–Crippen MR) is 75.2 cm³/mol. The van der Waals surface area contributed by atoms with Crippen molar-refractivity contribution in [2.45, 2.75) is 6.54 Å². The molecule has 6 heteroatoms. The van der Waals surface area contributed by atoms with Crippen LogP contribution in [0.15, 0.2) is 46.9 Å². The zero-order valence-electron chi connectivity index (χ0n) is 9.88. The molecule has 0 aliphatic heterocycles. The van der Waals surface area contributed by atoms with E-state index in [-0.39, 0.29) is 5.69 Å². The highest BCUT2D eigenvalue weighted by Gasteiger charge is 2.09. The molecular formula is C13H11BrN2O3. The molecule has 0 saturated heterocycles. The molecule has 98 valence electrons. The van der Waals surface area contributed by atoms with E-state index in [0.29, 0.717) is 18.0 Å². The van der Waals surface area contributed by atoms with Gasteiger partial charge in [0, 0.05) is 22.6 Å². The Labute approximate surface area is 118 Å². The third-order valence-corrected chi connectivity index (χ3v) is 2.99. The van der Waals surface area contributed by atoms with E-state index < -0.39 is 4.92 Å². The Kier molecular flexibility index (Phi) is 4.13. The van der Waals surface area contributed by atoms with Gasteiger partial charge in [-0.3, -0.25) is 10.1 Å². The first-order valence-corrected chi connectivity index (χ1v) is 6.30. The number of halogens is 1. The van der Waals surface area contributed by atoms with E-state index in [4.69, 9.17) is 10.5 Å². The van der Waals surface area contributed by atoms with E-state index in [1.54, 1.807) is 18.2 Å². The fraction of sp³-hybridized carbons (Fsp3) is 0.0769. The van der Waals surface area contributed by atoms with Gasteiger partial charge >= 0.3 is 0 Å². The van der Waals surface area contributed by atoms with Crippen LogP contribution in [0.25, 0.3) is 0 Å². The Morgan fingerprint density at radius 1 is 1.26 bits per heavy atom. The topological polar surface area (TPSA) is 78.4 Å². The third-order valence-electron chi connectivity index (χ3n) is 2.50. The second-order valence-corrected chi connectivity index (χ2v) is 4.73. The van der Waals surface area contributed by atoms with Gasteiger partial charge in [-0.15, -0.1) is 0 Å². The van der Waals surface area contributed by atoms with Crippen molar-refractivity contribution in [2.75, 3.05) is 0 Å². The smallest absolute Gasteiger partial charge is 0.273 e. The maximum atomic E-state index is 10.7. The van der Waals surface area contributed by atoms with Crippen LogP contribution >= 0.6 is 15.9 Å². The van der Waals surface area contributed by atoms with Crippen molar-refractivity contribution in [1.82, 2.24) is 0 Å². The van der Waals surface area contributed by atoms with Crippen molar-refractivity contribution in [3.05, 3.63) is 62.6 Å². The first-order valence-electron chi connectivity index (χ1n) is 5.51. The summed E-state index contributed by atoms with van der Waals surface area (Å²) in [6, 6.07) is 11.5. The summed E-state index contributed by atoms with van der Waals surface area (Å²) in [6.45, 7) is 0.323. The highest BCUT2D eigenvalue weighted by atomic mass is 79.9. The van der Waals surface area contributed by atoms with Crippen molar-refractivity contribution in [2.24, 2.45) is 5.73 Å². The van der Waals surface area contributed by atoms with Crippen molar-refractivity contribution in [3.63, 3.8) is 0 Å². The second-order valence-electron chi connectivity index (χ2n) is 3.81. The van der Waals surface area contributed by atoms with Gasteiger partial charge in [0.2, 0.25) is 0 Å². The van der Waals surface area contributed by atoms with E-state index >= 15 is 0 Å². The number of rotatable bonds is 4. The molecule has 5 nitrogen and oxygen atoms in total. The molecule has 19 heavy (non-hydrogen) atoms. The number of hydrogen-bond acceptors (Lipinski definition) is 4. The van der Waals surface area contributed by atoms with Crippen LogP contribution in [-0.4, -0.2) is 4.92 Å². The Hall–Kier alpha value is -1.92. The fourth-order valence-corrected chi connectivity index (χ4v) is 2.00. The highest BCUT2D eigenvalue weighted by molar-refractivity contribution is 9.10. The highest BCUT2D eigenvalue weighted by Crippen LogP contribution is 2.29. The first-order chi connectivity index (χ1) is 9.10. The zero-order valence-corrected chi connectivity index (χ0v) is 11.5. The van der Waals surface area contributed by atoms with Crippen molar-refractivity contribution in [3.8, 4) is 11.5 Å². The summed E-state index contributed by atoms with van der Waals surface area (Å²) < 4.78 is 6.54. The average molecular weight is 323 g/mol. The Balaban J connectivity index is 2.30. The van der Waals surface area contributed by atoms with E-state index in [1.807, 2.05) is 12.1 Å². The number of benzene rings is 2. The van der Waals surface area contributed by atoms with E-state index in [2.05, 4.69) is 15.9 Å². The van der Waals surface area contributed by atoms with Gasteiger partial charge in [0.05, 0.1) is 11.0 Å². The molecule has 0 radical (unpaired) electrons. The molecule has 2 N–H and O–H groups in total. The van der Waals surface area contributed by atoms with Gasteiger partial charge in [0.15, 0.2) is 0 Å². The largest absolute Gasteiger partial charge is 0.457 e. The van der Waals surface area contributed by atoms with Gasteiger partial charge in [-0.05, 0) is 24.3 Å². The van der Waals surface area contributed by atoms with Crippen LogP contribution in [0.2, 0.25) is 0 Å². The summed E-state index contributed by atoms with van der Waals surface area (Å²) in [7, 11) is 0. The summed E-state index contributed by atoms with van der Waals surface area (Å²) in [6.07, 6.45) is 0. The summed E-state index contributed by atoms with van der Waals surface area (Å²) in [5, 5.41) is 10.7. The lowest BCUT2D eigenvalue weighted by Gasteiger charge is -2.10. The van der Waals surface area contributed by atoms with Gasteiger partial charge < -0.3 is 10.5 Å². The van der Waals surface area contributed by atoms with Gasteiger partial charge in [-0.25, -0.2) is 0 Å². The fourth-order valence-electron chi connectivity index (χ4n) is 1.59. The minimum absolute atomic E-state index is 0.0103. The SMILES string of the molecule is NCc1cc(Br)ccc1Oc1cccc([N+](=O)[O-])c1. The van der Waals surface area contributed by atoms with Crippen LogP contribution in [-0.2, 0) is 6.54 Å². The number of non-ortho nitro benzene ring substituents is 1. The molecule has 0 aromatic heterocycles. The quantitative estimate of drug-likeness (QED) is 0.689. The minimum atomic E-state index is -0.460. The number of nitrogens with zero attached hydrogens (tertiary/aromatic N) is 1. The molecule has 0 unspecified atom stereocenters. The van der Waals surface area contributed by atoms with E-state index in [0.717, 1.165) is 10.0 Å². The van der Waals surface area contributed by atoms with Crippen molar-refractivity contribution in [1.29, 1.82) is 0 Å². The number of hydrogen-bond donors (Lipinski definition) is 1. The Morgan fingerprint density at radius 2 is 2.05 bits per heavy atom. The number of ether oxygens (including phenoxy) is 1. The maximum Gasteiger partial charge on any atom is 0.273 e. The molecule has 0 spiro atoms. The standard InChI is InChI=1S/C13H11BrN2O3/c14-10-4-5-13(9(6-10)8-15)19-12-3-1-2-11(7-12)16(17)18/h1-7H,8,15H2. The van der Waals surface area contributed by atoms with Gasteiger partial charge in [0.1, 0.15) is 11.5 Å².